The van der Waals surface area contributed by atoms with Gasteiger partial charge in [-0.3, -0.25) is 4.98 Å². The van der Waals surface area contributed by atoms with Gasteiger partial charge in [0.25, 0.3) is 0 Å². The summed E-state index contributed by atoms with van der Waals surface area (Å²) in [7, 11) is 1.66. The van der Waals surface area contributed by atoms with Crippen LogP contribution in [0.3, 0.4) is 0 Å². The molecule has 3 aromatic heterocycles. The zero-order valence-corrected chi connectivity index (χ0v) is 15.6. The molecule has 1 aromatic carbocycles. The first-order chi connectivity index (χ1) is 13.2. The molecule has 0 aliphatic carbocycles. The van der Waals surface area contributed by atoms with Gasteiger partial charge in [0.2, 0.25) is 0 Å². The van der Waals surface area contributed by atoms with Crippen molar-refractivity contribution in [2.45, 2.75) is 26.7 Å². The van der Waals surface area contributed by atoms with Crippen LogP contribution >= 0.6 is 0 Å². The van der Waals surface area contributed by atoms with E-state index in [1.54, 1.807) is 19.5 Å². The van der Waals surface area contributed by atoms with Crippen LogP contribution in [-0.2, 0) is 12.8 Å². The third-order valence-corrected chi connectivity index (χ3v) is 4.46. The summed E-state index contributed by atoms with van der Waals surface area (Å²) in [6, 6.07) is 10.1. The molecule has 0 bridgehead atoms. The molecule has 6 nitrogen and oxygen atoms in total. The molecule has 3 heterocycles. The van der Waals surface area contributed by atoms with Crippen molar-refractivity contribution in [2.24, 2.45) is 0 Å². The molecule has 27 heavy (non-hydrogen) atoms. The Bertz CT molecular complexity index is 1100. The summed E-state index contributed by atoms with van der Waals surface area (Å²) in [5, 5.41) is 4.72. The van der Waals surface area contributed by atoms with Gasteiger partial charge in [0.1, 0.15) is 11.6 Å². The summed E-state index contributed by atoms with van der Waals surface area (Å²) in [4.78, 5) is 13.7. The number of pyridine rings is 1. The maximum Gasteiger partial charge on any atom is 0.185 e. The van der Waals surface area contributed by atoms with Crippen LogP contribution in [0.15, 0.2) is 47.2 Å². The van der Waals surface area contributed by atoms with Gasteiger partial charge in [0.05, 0.1) is 25.2 Å². The first-order valence-corrected chi connectivity index (χ1v) is 8.87. The smallest absolute Gasteiger partial charge is 0.185 e. The second-order valence-electron chi connectivity index (χ2n) is 6.42. The van der Waals surface area contributed by atoms with Crippen LogP contribution in [0.5, 0.6) is 5.75 Å². The van der Waals surface area contributed by atoms with Crippen LogP contribution < -0.4 is 4.74 Å². The largest absolute Gasteiger partial charge is 0.496 e. The SMILES string of the molecule is CCc1cc(C)nc(Cc2ccc(OC)c(-c3cc4cnoc4cn3)c2)n1. The summed E-state index contributed by atoms with van der Waals surface area (Å²) >= 11 is 0. The number of aryl methyl sites for hydroxylation is 2. The molecular weight excluding hydrogens is 340 g/mol. The summed E-state index contributed by atoms with van der Waals surface area (Å²) in [5.41, 5.74) is 5.54. The quantitative estimate of drug-likeness (QED) is 0.532. The van der Waals surface area contributed by atoms with Gasteiger partial charge in [-0.25, -0.2) is 9.97 Å². The summed E-state index contributed by atoms with van der Waals surface area (Å²) in [6.07, 6.45) is 4.92. The van der Waals surface area contributed by atoms with Crippen molar-refractivity contribution in [3.8, 4) is 17.0 Å². The molecule has 0 radical (unpaired) electrons. The van der Waals surface area contributed by atoms with Crippen LogP contribution in [0.25, 0.3) is 22.2 Å². The molecule has 6 heteroatoms. The summed E-state index contributed by atoms with van der Waals surface area (Å²) in [6.45, 7) is 4.10. The number of benzene rings is 1. The molecule has 0 amide bonds. The van der Waals surface area contributed by atoms with E-state index in [4.69, 9.17) is 9.26 Å². The van der Waals surface area contributed by atoms with Gasteiger partial charge in [-0.05, 0) is 43.2 Å². The average molecular weight is 360 g/mol. The van der Waals surface area contributed by atoms with Crippen LogP contribution in [0.1, 0.15) is 29.7 Å². The minimum Gasteiger partial charge on any atom is -0.496 e. The van der Waals surface area contributed by atoms with Crippen molar-refractivity contribution in [3.05, 3.63) is 65.5 Å². The lowest BCUT2D eigenvalue weighted by Gasteiger charge is -2.11. The van der Waals surface area contributed by atoms with Crippen molar-refractivity contribution in [2.75, 3.05) is 7.11 Å². The van der Waals surface area contributed by atoms with Crippen molar-refractivity contribution < 1.29 is 9.26 Å². The van der Waals surface area contributed by atoms with Crippen molar-refractivity contribution in [3.63, 3.8) is 0 Å². The number of hydrogen-bond acceptors (Lipinski definition) is 6. The number of fused-ring (bicyclic) bond motifs is 1. The number of methoxy groups -OCH3 is 1. The van der Waals surface area contributed by atoms with Gasteiger partial charge >= 0.3 is 0 Å². The lowest BCUT2D eigenvalue weighted by atomic mass is 10.0. The van der Waals surface area contributed by atoms with Gasteiger partial charge in [-0.15, -0.1) is 0 Å². The fourth-order valence-electron chi connectivity index (χ4n) is 3.13. The molecule has 4 rings (SSSR count). The molecule has 0 N–H and O–H groups in total. The van der Waals surface area contributed by atoms with Gasteiger partial charge in [-0.1, -0.05) is 18.1 Å². The number of rotatable bonds is 5. The van der Waals surface area contributed by atoms with Crippen LogP contribution in [0, 0.1) is 6.92 Å². The van der Waals surface area contributed by atoms with Crippen LogP contribution in [-0.4, -0.2) is 27.2 Å². The molecular formula is C21H20N4O2. The van der Waals surface area contributed by atoms with E-state index < -0.39 is 0 Å². The lowest BCUT2D eigenvalue weighted by molar-refractivity contribution is 0.416. The highest BCUT2D eigenvalue weighted by atomic mass is 16.5. The van der Waals surface area contributed by atoms with E-state index in [-0.39, 0.29) is 0 Å². The first-order valence-electron chi connectivity index (χ1n) is 8.87. The predicted molar refractivity (Wildman–Crippen MR) is 103 cm³/mol. The second kappa shape index (κ2) is 7.15. The van der Waals surface area contributed by atoms with Gasteiger partial charge in [-0.2, -0.15) is 0 Å². The third-order valence-electron chi connectivity index (χ3n) is 4.46. The fraction of sp³-hybridized carbons (Fsp3) is 0.238. The minimum absolute atomic E-state index is 0.654. The maximum atomic E-state index is 5.54. The monoisotopic (exact) mass is 360 g/mol. The highest BCUT2D eigenvalue weighted by Crippen LogP contribution is 2.31. The second-order valence-corrected chi connectivity index (χ2v) is 6.42. The minimum atomic E-state index is 0.654. The highest BCUT2D eigenvalue weighted by Gasteiger charge is 2.12. The average Bonchev–Trinajstić information content (AvgIpc) is 3.15. The molecule has 136 valence electrons. The Morgan fingerprint density at radius 2 is 1.96 bits per heavy atom. The molecule has 0 spiro atoms. The van der Waals surface area contributed by atoms with E-state index in [0.717, 1.165) is 51.6 Å². The number of hydrogen-bond donors (Lipinski definition) is 0. The van der Waals surface area contributed by atoms with Gasteiger partial charge < -0.3 is 9.26 Å². The lowest BCUT2D eigenvalue weighted by Crippen LogP contribution is -2.02. The molecule has 0 aliphatic rings. The van der Waals surface area contributed by atoms with Crippen LogP contribution in [0.2, 0.25) is 0 Å². The van der Waals surface area contributed by atoms with E-state index in [1.807, 2.05) is 31.2 Å². The third kappa shape index (κ3) is 3.51. The molecule has 0 aliphatic heterocycles. The zero-order chi connectivity index (χ0) is 18.8. The van der Waals surface area contributed by atoms with E-state index in [9.17, 15) is 0 Å². The Hall–Kier alpha value is -3.28. The van der Waals surface area contributed by atoms with E-state index in [2.05, 4.69) is 33.1 Å². The number of ether oxygens (including phenoxy) is 1. The maximum absolute atomic E-state index is 5.54. The van der Waals surface area contributed by atoms with E-state index in [1.165, 1.54) is 0 Å². The predicted octanol–water partition coefficient (Wildman–Crippen LogP) is 4.15. The standard InChI is InChI=1S/C21H20N4O2/c1-4-16-7-13(2)24-21(25-16)9-14-5-6-19(26-3)17(8-14)18-10-15-11-23-27-20(15)12-22-18/h5-8,10-12H,4,9H2,1-3H3. The Labute approximate surface area is 157 Å². The van der Waals surface area contributed by atoms with Crippen molar-refractivity contribution >= 4 is 11.0 Å². The molecule has 4 aromatic rings. The molecule has 0 atom stereocenters. The van der Waals surface area contributed by atoms with Gasteiger partial charge in [0, 0.05) is 28.8 Å². The van der Waals surface area contributed by atoms with Crippen molar-refractivity contribution in [1.82, 2.24) is 20.1 Å². The van der Waals surface area contributed by atoms with E-state index >= 15 is 0 Å². The molecule has 0 saturated carbocycles. The molecule has 0 fully saturated rings. The van der Waals surface area contributed by atoms with Crippen molar-refractivity contribution in [1.29, 1.82) is 0 Å². The van der Waals surface area contributed by atoms with Crippen LogP contribution in [0.4, 0.5) is 0 Å². The molecule has 0 saturated heterocycles. The Morgan fingerprint density at radius 3 is 2.78 bits per heavy atom. The Morgan fingerprint density at radius 1 is 1.07 bits per heavy atom. The topological polar surface area (TPSA) is 73.9 Å². The summed E-state index contributed by atoms with van der Waals surface area (Å²) in [5.74, 6) is 1.59. The zero-order valence-electron chi connectivity index (χ0n) is 15.6. The number of aromatic nitrogens is 4. The fourth-order valence-corrected chi connectivity index (χ4v) is 3.13. The van der Waals surface area contributed by atoms with Gasteiger partial charge in [0.15, 0.2) is 5.58 Å². The normalized spacial score (nSPS) is 11.1. The Kier molecular flexibility index (Phi) is 4.54. The Balaban J connectivity index is 1.73. The summed E-state index contributed by atoms with van der Waals surface area (Å²) < 4.78 is 10.7. The first kappa shape index (κ1) is 17.1. The molecule has 0 unspecified atom stereocenters. The highest BCUT2D eigenvalue weighted by molar-refractivity contribution is 5.81. The number of nitrogens with zero attached hydrogens (tertiary/aromatic N) is 4. The van der Waals surface area contributed by atoms with E-state index in [0.29, 0.717) is 12.0 Å².